The minimum atomic E-state index is 0.104. The zero-order chi connectivity index (χ0) is 12.8. The quantitative estimate of drug-likeness (QED) is 0.317. The van der Waals surface area contributed by atoms with Crippen LogP contribution in [0.5, 0.6) is 0 Å². The fourth-order valence-electron chi connectivity index (χ4n) is 1.63. The van der Waals surface area contributed by atoms with E-state index in [1.807, 2.05) is 18.2 Å². The highest BCUT2D eigenvalue weighted by Gasteiger charge is 2.06. The maximum atomic E-state index is 8.71. The van der Waals surface area contributed by atoms with Crippen LogP contribution in [0.4, 0.5) is 0 Å². The van der Waals surface area contributed by atoms with E-state index in [4.69, 9.17) is 15.5 Å². The van der Waals surface area contributed by atoms with Gasteiger partial charge < -0.3 is 20.8 Å². The summed E-state index contributed by atoms with van der Waals surface area (Å²) in [5.74, 6) is 0.864. The molecule has 0 bridgehead atoms. The van der Waals surface area contributed by atoms with Gasteiger partial charge in [-0.3, -0.25) is 0 Å². The molecule has 1 aromatic heterocycles. The third-order valence-corrected chi connectivity index (χ3v) is 2.51. The lowest BCUT2D eigenvalue weighted by atomic mass is 10.1. The molecule has 0 amide bonds. The van der Waals surface area contributed by atoms with Gasteiger partial charge in [-0.25, -0.2) is 0 Å². The first-order chi connectivity index (χ1) is 8.81. The topological polar surface area (TPSA) is 96.7 Å². The smallest absolute Gasteiger partial charge is 0.170 e. The van der Waals surface area contributed by atoms with Crippen molar-refractivity contribution >= 4 is 5.84 Å². The van der Waals surface area contributed by atoms with E-state index in [9.17, 15) is 0 Å². The number of nitrogens with zero attached hydrogens (tertiary/aromatic N) is 2. The van der Waals surface area contributed by atoms with Crippen LogP contribution in [0.3, 0.4) is 0 Å². The summed E-state index contributed by atoms with van der Waals surface area (Å²) in [6.07, 6.45) is 1.60. The summed E-state index contributed by atoms with van der Waals surface area (Å²) in [6.45, 7) is 1.16. The number of hydrogen-bond donors (Lipinski definition) is 3. The Hall–Kier alpha value is -2.34. The van der Waals surface area contributed by atoms with Crippen LogP contribution in [0.15, 0.2) is 46.2 Å². The number of nitrogens with two attached hydrogens (primary N) is 1. The van der Waals surface area contributed by atoms with E-state index in [-0.39, 0.29) is 5.84 Å². The first kappa shape index (κ1) is 12.1. The highest BCUT2D eigenvalue weighted by molar-refractivity contribution is 5.98. The minimum Gasteiger partial charge on any atom is -0.409 e. The molecule has 0 radical (unpaired) electrons. The van der Waals surface area contributed by atoms with Crippen molar-refractivity contribution in [3.63, 3.8) is 0 Å². The summed E-state index contributed by atoms with van der Waals surface area (Å²) in [5, 5.41) is 18.5. The van der Waals surface area contributed by atoms with E-state index in [2.05, 4.69) is 15.6 Å². The summed E-state index contributed by atoms with van der Waals surface area (Å²) in [7, 11) is 0. The molecule has 2 rings (SSSR count). The van der Waals surface area contributed by atoms with E-state index in [0.717, 1.165) is 11.3 Å². The lowest BCUT2D eigenvalue weighted by Gasteiger charge is -2.08. The van der Waals surface area contributed by atoms with Crippen LogP contribution in [0.2, 0.25) is 0 Å². The normalized spacial score (nSPS) is 11.7. The number of oxime groups is 1. The third kappa shape index (κ3) is 2.86. The molecule has 1 aromatic carbocycles. The van der Waals surface area contributed by atoms with Gasteiger partial charge in [0, 0.05) is 18.2 Å². The number of hydrogen-bond acceptors (Lipinski definition) is 5. The Morgan fingerprint density at radius 3 is 2.89 bits per heavy atom. The van der Waals surface area contributed by atoms with Crippen molar-refractivity contribution in [2.45, 2.75) is 13.1 Å². The molecule has 18 heavy (non-hydrogen) atoms. The Bertz CT molecular complexity index is 523. The summed E-state index contributed by atoms with van der Waals surface area (Å²) in [6, 6.07) is 9.26. The summed E-state index contributed by atoms with van der Waals surface area (Å²) in [5.41, 5.74) is 7.27. The number of benzene rings is 1. The van der Waals surface area contributed by atoms with Crippen molar-refractivity contribution in [1.29, 1.82) is 0 Å². The van der Waals surface area contributed by atoms with Crippen LogP contribution in [0, 0.1) is 0 Å². The van der Waals surface area contributed by atoms with Crippen LogP contribution < -0.4 is 11.1 Å². The van der Waals surface area contributed by atoms with Crippen molar-refractivity contribution in [2.24, 2.45) is 10.9 Å². The van der Waals surface area contributed by atoms with Crippen LogP contribution in [-0.4, -0.2) is 16.2 Å². The molecule has 0 saturated carbocycles. The highest BCUT2D eigenvalue weighted by atomic mass is 16.5. The molecule has 2 aromatic rings. The number of rotatable bonds is 5. The van der Waals surface area contributed by atoms with Crippen LogP contribution >= 0.6 is 0 Å². The molecule has 1 heterocycles. The lowest BCUT2D eigenvalue weighted by Crippen LogP contribution is -2.19. The average Bonchev–Trinajstić information content (AvgIpc) is 2.92. The van der Waals surface area contributed by atoms with Crippen molar-refractivity contribution in [3.05, 3.63) is 53.4 Å². The summed E-state index contributed by atoms with van der Waals surface area (Å²) >= 11 is 0. The lowest BCUT2D eigenvalue weighted by molar-refractivity contribution is 0.318. The fourth-order valence-corrected chi connectivity index (χ4v) is 1.63. The van der Waals surface area contributed by atoms with Gasteiger partial charge in [0.05, 0.1) is 12.7 Å². The zero-order valence-electron chi connectivity index (χ0n) is 9.71. The number of amidine groups is 1. The second-order valence-electron chi connectivity index (χ2n) is 3.72. The Balaban J connectivity index is 2.01. The Morgan fingerprint density at radius 1 is 1.33 bits per heavy atom. The minimum absolute atomic E-state index is 0.104. The molecular formula is C12H14N4O2. The number of aromatic nitrogens is 1. The van der Waals surface area contributed by atoms with Crippen LogP contribution in [0.1, 0.15) is 16.9 Å². The molecule has 0 aliphatic carbocycles. The van der Waals surface area contributed by atoms with Crippen molar-refractivity contribution < 1.29 is 9.73 Å². The highest BCUT2D eigenvalue weighted by Crippen LogP contribution is 2.08. The molecule has 0 fully saturated rings. The van der Waals surface area contributed by atoms with Gasteiger partial charge >= 0.3 is 0 Å². The van der Waals surface area contributed by atoms with Gasteiger partial charge in [-0.15, -0.1) is 0 Å². The molecule has 0 saturated heterocycles. The second kappa shape index (κ2) is 5.83. The van der Waals surface area contributed by atoms with Crippen LogP contribution in [-0.2, 0) is 13.1 Å². The van der Waals surface area contributed by atoms with Gasteiger partial charge in [-0.05, 0) is 5.56 Å². The molecule has 0 spiro atoms. The maximum absolute atomic E-state index is 8.71. The Kier molecular flexibility index (Phi) is 3.93. The first-order valence-corrected chi connectivity index (χ1v) is 5.47. The maximum Gasteiger partial charge on any atom is 0.170 e. The molecule has 0 aliphatic rings. The third-order valence-electron chi connectivity index (χ3n) is 2.51. The SMILES string of the molecule is N/C(=N/O)c1ccccc1CNCc1ccno1. The van der Waals surface area contributed by atoms with E-state index in [0.29, 0.717) is 18.7 Å². The van der Waals surface area contributed by atoms with Gasteiger partial charge in [0.2, 0.25) is 0 Å². The molecule has 0 aliphatic heterocycles. The van der Waals surface area contributed by atoms with Crippen molar-refractivity contribution in [3.8, 4) is 0 Å². The molecule has 4 N–H and O–H groups in total. The fraction of sp³-hybridized carbons (Fsp3) is 0.167. The predicted octanol–water partition coefficient (Wildman–Crippen LogP) is 1.06. The first-order valence-electron chi connectivity index (χ1n) is 5.47. The van der Waals surface area contributed by atoms with Gasteiger partial charge in [-0.2, -0.15) is 0 Å². The number of nitrogens with one attached hydrogen (secondary N) is 1. The van der Waals surface area contributed by atoms with Gasteiger partial charge in [0.15, 0.2) is 5.84 Å². The molecular weight excluding hydrogens is 232 g/mol. The van der Waals surface area contributed by atoms with Gasteiger partial charge in [0.1, 0.15) is 5.76 Å². The Morgan fingerprint density at radius 2 is 2.17 bits per heavy atom. The predicted molar refractivity (Wildman–Crippen MR) is 66.0 cm³/mol. The van der Waals surface area contributed by atoms with Crippen LogP contribution in [0.25, 0.3) is 0 Å². The van der Waals surface area contributed by atoms with E-state index < -0.39 is 0 Å². The molecule has 0 atom stereocenters. The monoisotopic (exact) mass is 246 g/mol. The van der Waals surface area contributed by atoms with E-state index in [1.165, 1.54) is 0 Å². The molecule has 0 unspecified atom stereocenters. The van der Waals surface area contributed by atoms with Gasteiger partial charge in [-0.1, -0.05) is 34.6 Å². The zero-order valence-corrected chi connectivity index (χ0v) is 9.71. The van der Waals surface area contributed by atoms with Crippen molar-refractivity contribution in [2.75, 3.05) is 0 Å². The summed E-state index contributed by atoms with van der Waals surface area (Å²) < 4.78 is 4.97. The molecule has 6 heteroatoms. The Labute approximate surface area is 104 Å². The second-order valence-corrected chi connectivity index (χ2v) is 3.72. The summed E-state index contributed by atoms with van der Waals surface area (Å²) in [4.78, 5) is 0. The van der Waals surface area contributed by atoms with Crippen molar-refractivity contribution in [1.82, 2.24) is 10.5 Å². The standard InChI is InChI=1S/C12H14N4O2/c13-12(16-17)11-4-2-1-3-9(11)7-14-8-10-5-6-15-18-10/h1-6,14,17H,7-8H2,(H2,13,16). The largest absolute Gasteiger partial charge is 0.409 e. The molecule has 6 nitrogen and oxygen atoms in total. The van der Waals surface area contributed by atoms with Gasteiger partial charge in [0.25, 0.3) is 0 Å². The molecule has 94 valence electrons. The average molecular weight is 246 g/mol. The van der Waals surface area contributed by atoms with E-state index in [1.54, 1.807) is 18.3 Å². The van der Waals surface area contributed by atoms with E-state index >= 15 is 0 Å².